The van der Waals surface area contributed by atoms with Crippen LogP contribution in [0.15, 0.2) is 0 Å². The molecule has 0 spiro atoms. The maximum absolute atomic E-state index is 10.5. The van der Waals surface area contributed by atoms with Gasteiger partial charge in [-0.25, -0.2) is 0 Å². The van der Waals surface area contributed by atoms with E-state index in [4.69, 9.17) is 11.6 Å². The largest absolute Gasteiger partial charge is 0.432 e. The lowest BCUT2D eigenvalue weighted by molar-refractivity contribution is 0.186. The zero-order valence-electron chi connectivity index (χ0n) is 13.7. The third-order valence-electron chi connectivity index (χ3n) is 5.89. The van der Waals surface area contributed by atoms with Crippen LogP contribution in [0.3, 0.4) is 0 Å². The van der Waals surface area contributed by atoms with Crippen LogP contribution in [0.1, 0.15) is 52.4 Å². The quantitative estimate of drug-likeness (QED) is 0.619. The summed E-state index contributed by atoms with van der Waals surface area (Å²) in [4.78, 5) is 13.1. The van der Waals surface area contributed by atoms with Gasteiger partial charge < -0.3 is 4.80 Å². The van der Waals surface area contributed by atoms with Crippen molar-refractivity contribution in [1.82, 2.24) is 4.90 Å². The molecule has 1 aliphatic carbocycles. The highest BCUT2D eigenvalue weighted by molar-refractivity contribution is 6.72. The van der Waals surface area contributed by atoms with Crippen molar-refractivity contribution in [2.24, 2.45) is 5.92 Å². The number of hydrogen-bond acceptors (Lipinski definition) is 2. The van der Waals surface area contributed by atoms with Crippen LogP contribution in [-0.2, 0) is 0 Å². The van der Waals surface area contributed by atoms with E-state index >= 15 is 0 Å². The minimum absolute atomic E-state index is 0.112. The topological polar surface area (TPSA) is 23.5 Å². The Morgan fingerprint density at radius 2 is 1.85 bits per heavy atom. The van der Waals surface area contributed by atoms with Crippen LogP contribution < -0.4 is 0 Å². The molecule has 1 N–H and O–H groups in total. The highest BCUT2D eigenvalue weighted by atomic mass is 35.5. The maximum Gasteiger partial charge on any atom is 0.188 e. The molecule has 1 saturated heterocycles. The second-order valence-electron chi connectivity index (χ2n) is 8.16. The summed E-state index contributed by atoms with van der Waals surface area (Å²) in [5.41, 5.74) is 0. The molecule has 2 nitrogen and oxygen atoms in total. The first-order chi connectivity index (χ1) is 9.21. The lowest BCUT2D eigenvalue weighted by Crippen LogP contribution is -2.43. The summed E-state index contributed by atoms with van der Waals surface area (Å²) in [5.74, 6) is 0.745. The Labute approximate surface area is 131 Å². The molecular weight excluding hydrogens is 286 g/mol. The van der Waals surface area contributed by atoms with Crippen molar-refractivity contribution in [1.29, 1.82) is 0 Å². The summed E-state index contributed by atoms with van der Waals surface area (Å²) in [7, 11) is -2.07. The van der Waals surface area contributed by atoms with E-state index in [2.05, 4.69) is 31.8 Å². The minimum atomic E-state index is -2.07. The third kappa shape index (κ3) is 3.79. The molecule has 2 aliphatic rings. The van der Waals surface area contributed by atoms with Crippen molar-refractivity contribution in [3.8, 4) is 0 Å². The van der Waals surface area contributed by atoms with Crippen molar-refractivity contribution < 1.29 is 4.80 Å². The molecule has 118 valence electrons. The Morgan fingerprint density at radius 3 is 2.45 bits per heavy atom. The van der Waals surface area contributed by atoms with Crippen LogP contribution in [0.2, 0.25) is 18.1 Å². The second kappa shape index (κ2) is 6.27. The average Bonchev–Trinajstić information content (AvgIpc) is 2.75. The van der Waals surface area contributed by atoms with Crippen LogP contribution in [-0.4, -0.2) is 42.5 Å². The first-order valence-electron chi connectivity index (χ1n) is 8.31. The number of nitrogens with zero attached hydrogens (tertiary/aromatic N) is 1. The SMILES string of the molecule is CC(C)(C[C@@H]1CCN(C2CCCC[C@@H]2Cl)C1)[Si](C)(C)O. The van der Waals surface area contributed by atoms with Crippen LogP contribution in [0.4, 0.5) is 0 Å². The summed E-state index contributed by atoms with van der Waals surface area (Å²) in [5, 5.41) is 0.472. The molecule has 2 fully saturated rings. The monoisotopic (exact) mass is 317 g/mol. The fourth-order valence-corrected chi connectivity index (χ4v) is 5.01. The molecular formula is C16H32ClNOSi. The van der Waals surface area contributed by atoms with Gasteiger partial charge in [-0.1, -0.05) is 26.7 Å². The minimum Gasteiger partial charge on any atom is -0.432 e. The van der Waals surface area contributed by atoms with E-state index < -0.39 is 8.32 Å². The van der Waals surface area contributed by atoms with Gasteiger partial charge in [-0.3, -0.25) is 4.90 Å². The Hall–Kier alpha value is 0.427. The van der Waals surface area contributed by atoms with Crippen molar-refractivity contribution in [2.45, 2.75) is 81.9 Å². The van der Waals surface area contributed by atoms with Crippen molar-refractivity contribution in [2.75, 3.05) is 13.1 Å². The van der Waals surface area contributed by atoms with E-state index in [1.165, 1.54) is 51.6 Å². The third-order valence-corrected chi connectivity index (χ3v) is 9.91. The molecule has 0 radical (unpaired) electrons. The molecule has 1 aliphatic heterocycles. The number of hydrogen-bond donors (Lipinski definition) is 1. The number of halogens is 1. The van der Waals surface area contributed by atoms with Crippen molar-refractivity contribution in [3.05, 3.63) is 0 Å². The van der Waals surface area contributed by atoms with Gasteiger partial charge in [0.1, 0.15) is 0 Å². The predicted molar refractivity (Wildman–Crippen MR) is 89.9 cm³/mol. The molecule has 0 bridgehead atoms. The predicted octanol–water partition coefficient (Wildman–Crippen LogP) is 4.23. The highest BCUT2D eigenvalue weighted by Gasteiger charge is 2.42. The average molecular weight is 318 g/mol. The molecule has 4 heteroatoms. The Bertz CT molecular complexity index is 329. The number of likely N-dealkylation sites (tertiary alicyclic amines) is 1. The molecule has 0 aromatic carbocycles. The van der Waals surface area contributed by atoms with Gasteiger partial charge in [0.25, 0.3) is 0 Å². The molecule has 3 atom stereocenters. The second-order valence-corrected chi connectivity index (χ2v) is 13.2. The zero-order chi connectivity index (χ0) is 15.0. The van der Waals surface area contributed by atoms with Crippen molar-refractivity contribution in [3.63, 3.8) is 0 Å². The first kappa shape index (κ1) is 16.8. The van der Waals surface area contributed by atoms with E-state index in [0.717, 1.165) is 5.92 Å². The van der Waals surface area contributed by atoms with Crippen LogP contribution in [0.5, 0.6) is 0 Å². The van der Waals surface area contributed by atoms with Crippen molar-refractivity contribution >= 4 is 19.9 Å². The molecule has 20 heavy (non-hydrogen) atoms. The molecule has 1 heterocycles. The summed E-state index contributed by atoms with van der Waals surface area (Å²) in [6.45, 7) is 11.1. The van der Waals surface area contributed by atoms with E-state index in [-0.39, 0.29) is 5.04 Å². The van der Waals surface area contributed by atoms with Gasteiger partial charge in [0, 0.05) is 18.0 Å². The Kier molecular flexibility index (Phi) is 5.27. The fourth-order valence-electron chi connectivity index (χ4n) is 3.78. The van der Waals surface area contributed by atoms with Gasteiger partial charge in [0.2, 0.25) is 0 Å². The summed E-state index contributed by atoms with van der Waals surface area (Å²) in [6, 6.07) is 0.609. The maximum atomic E-state index is 10.5. The standard InChI is InChI=1S/C16H32ClNOSi/c1-16(2,20(3,4)19)11-13-9-10-18(12-13)15-8-6-5-7-14(15)17/h13-15,19H,5-12H2,1-4H3/t13-,14-,15?/m0/s1. The first-order valence-corrected chi connectivity index (χ1v) is 11.7. The van der Waals surface area contributed by atoms with E-state index in [1.807, 2.05) is 0 Å². The van der Waals surface area contributed by atoms with Gasteiger partial charge in [-0.2, -0.15) is 0 Å². The summed E-state index contributed by atoms with van der Waals surface area (Å²) in [6.07, 6.45) is 7.57. The normalized spacial score (nSPS) is 33.6. The van der Waals surface area contributed by atoms with E-state index in [9.17, 15) is 4.80 Å². The zero-order valence-corrected chi connectivity index (χ0v) is 15.4. The molecule has 2 rings (SSSR count). The summed E-state index contributed by atoms with van der Waals surface area (Å²) >= 11 is 6.54. The van der Waals surface area contributed by atoms with Gasteiger partial charge in [-0.05, 0) is 56.3 Å². The lowest BCUT2D eigenvalue weighted by Gasteiger charge is -2.38. The Balaban J connectivity index is 1.89. The molecule has 1 unspecified atom stereocenters. The molecule has 1 saturated carbocycles. The number of rotatable bonds is 4. The lowest BCUT2D eigenvalue weighted by atomic mass is 9.93. The molecule has 0 aromatic rings. The van der Waals surface area contributed by atoms with Gasteiger partial charge in [0.15, 0.2) is 8.32 Å². The van der Waals surface area contributed by atoms with Crippen LogP contribution in [0.25, 0.3) is 0 Å². The van der Waals surface area contributed by atoms with Crippen LogP contribution in [0, 0.1) is 5.92 Å². The number of alkyl halides is 1. The van der Waals surface area contributed by atoms with Gasteiger partial charge in [-0.15, -0.1) is 11.6 Å². The van der Waals surface area contributed by atoms with Gasteiger partial charge in [0.05, 0.1) is 0 Å². The molecule has 0 amide bonds. The van der Waals surface area contributed by atoms with E-state index in [1.54, 1.807) is 0 Å². The molecule has 0 aromatic heterocycles. The smallest absolute Gasteiger partial charge is 0.188 e. The Morgan fingerprint density at radius 1 is 1.20 bits per heavy atom. The van der Waals surface area contributed by atoms with Gasteiger partial charge >= 0.3 is 0 Å². The van der Waals surface area contributed by atoms with E-state index in [0.29, 0.717) is 11.4 Å². The summed E-state index contributed by atoms with van der Waals surface area (Å²) < 4.78 is 0. The fraction of sp³-hybridized carbons (Fsp3) is 1.00. The van der Waals surface area contributed by atoms with Crippen LogP contribution >= 0.6 is 11.6 Å². The highest BCUT2D eigenvalue weighted by Crippen LogP contribution is 2.44.